The van der Waals surface area contributed by atoms with E-state index in [1.807, 2.05) is 0 Å². The van der Waals surface area contributed by atoms with Gasteiger partial charge in [0.25, 0.3) is 5.91 Å². The summed E-state index contributed by atoms with van der Waals surface area (Å²) in [6, 6.07) is 1.70. The molecule has 7 heteroatoms. The molecule has 1 atom stereocenters. The van der Waals surface area contributed by atoms with E-state index in [-0.39, 0.29) is 31.3 Å². The van der Waals surface area contributed by atoms with Gasteiger partial charge in [0.2, 0.25) is 5.91 Å². The first kappa shape index (κ1) is 15.2. The van der Waals surface area contributed by atoms with Crippen LogP contribution in [0.2, 0.25) is 0 Å². The fourth-order valence-electron chi connectivity index (χ4n) is 1.23. The molecule has 2 amide bonds. The van der Waals surface area contributed by atoms with Crippen LogP contribution in [0.25, 0.3) is 0 Å². The number of rotatable bonds is 7. The summed E-state index contributed by atoms with van der Waals surface area (Å²) in [6.07, 6.45) is 0.127. The van der Waals surface area contributed by atoms with Crippen molar-refractivity contribution in [1.29, 1.82) is 0 Å². The second-order valence-electron chi connectivity index (χ2n) is 4.06. The van der Waals surface area contributed by atoms with E-state index in [4.69, 9.17) is 5.11 Å². The molecule has 1 heterocycles. The number of carboxylic acids is 1. The van der Waals surface area contributed by atoms with E-state index < -0.39 is 11.9 Å². The van der Waals surface area contributed by atoms with Gasteiger partial charge in [-0.15, -0.1) is 0 Å². The molecular weight excluding hydrogens is 268 g/mol. The second-order valence-corrected chi connectivity index (χ2v) is 4.84. The predicted molar refractivity (Wildman–Crippen MR) is 71.1 cm³/mol. The monoisotopic (exact) mass is 284 g/mol. The van der Waals surface area contributed by atoms with Crippen LogP contribution in [-0.2, 0) is 9.59 Å². The molecule has 6 nitrogen and oxygen atoms in total. The fraction of sp³-hybridized carbons (Fsp3) is 0.417. The Labute approximate surface area is 114 Å². The topological polar surface area (TPSA) is 95.5 Å². The Kier molecular flexibility index (Phi) is 6.01. The predicted octanol–water partition coefficient (Wildman–Crippen LogP) is 0.705. The van der Waals surface area contributed by atoms with Gasteiger partial charge in [-0.2, -0.15) is 11.3 Å². The van der Waals surface area contributed by atoms with Gasteiger partial charge in [-0.1, -0.05) is 6.92 Å². The Morgan fingerprint density at radius 2 is 2.11 bits per heavy atom. The minimum absolute atomic E-state index is 0.0899. The summed E-state index contributed by atoms with van der Waals surface area (Å²) in [5.74, 6) is -2.07. The van der Waals surface area contributed by atoms with Crippen LogP contribution < -0.4 is 10.6 Å². The van der Waals surface area contributed by atoms with Crippen LogP contribution in [0.5, 0.6) is 0 Å². The molecule has 1 unspecified atom stereocenters. The molecule has 0 radical (unpaired) electrons. The minimum atomic E-state index is -0.953. The van der Waals surface area contributed by atoms with Crippen molar-refractivity contribution in [1.82, 2.24) is 10.6 Å². The summed E-state index contributed by atoms with van der Waals surface area (Å²) in [6.45, 7) is 1.83. The van der Waals surface area contributed by atoms with Crippen LogP contribution in [0, 0.1) is 5.92 Å². The summed E-state index contributed by atoms with van der Waals surface area (Å²) in [5.41, 5.74) is 0.574. The number of hydrogen-bond acceptors (Lipinski definition) is 4. The van der Waals surface area contributed by atoms with Crippen LogP contribution in [0.3, 0.4) is 0 Å². The molecule has 0 aliphatic heterocycles. The van der Waals surface area contributed by atoms with Gasteiger partial charge in [0.05, 0.1) is 5.92 Å². The lowest BCUT2D eigenvalue weighted by Crippen LogP contribution is -2.34. The molecule has 0 aliphatic carbocycles. The molecular formula is C12H16N2O4S. The zero-order valence-corrected chi connectivity index (χ0v) is 11.3. The van der Waals surface area contributed by atoms with E-state index in [0.717, 1.165) is 0 Å². The molecule has 1 aromatic rings. The van der Waals surface area contributed by atoms with Crippen molar-refractivity contribution >= 4 is 29.1 Å². The highest BCUT2D eigenvalue weighted by Gasteiger charge is 2.12. The standard InChI is InChI=1S/C12H16N2O4S/c1-8(12(17)18)6-14-10(15)2-4-13-11(16)9-3-5-19-7-9/h3,5,7-8H,2,4,6H2,1H3,(H,13,16)(H,14,15)(H,17,18). The van der Waals surface area contributed by atoms with Gasteiger partial charge in [0, 0.05) is 30.5 Å². The summed E-state index contributed by atoms with van der Waals surface area (Å²) in [5, 5.41) is 17.3. The number of amides is 2. The van der Waals surface area contributed by atoms with Gasteiger partial charge < -0.3 is 15.7 Å². The minimum Gasteiger partial charge on any atom is -0.481 e. The normalized spacial score (nSPS) is 11.6. The lowest BCUT2D eigenvalue weighted by Gasteiger charge is -2.08. The van der Waals surface area contributed by atoms with Crippen LogP contribution in [0.1, 0.15) is 23.7 Å². The molecule has 0 aromatic carbocycles. The van der Waals surface area contributed by atoms with Crippen molar-refractivity contribution in [2.45, 2.75) is 13.3 Å². The van der Waals surface area contributed by atoms with Crippen LogP contribution in [0.15, 0.2) is 16.8 Å². The maximum atomic E-state index is 11.5. The van der Waals surface area contributed by atoms with Crippen molar-refractivity contribution < 1.29 is 19.5 Å². The third kappa shape index (κ3) is 5.52. The maximum absolute atomic E-state index is 11.5. The Morgan fingerprint density at radius 3 is 2.68 bits per heavy atom. The highest BCUT2D eigenvalue weighted by atomic mass is 32.1. The molecule has 0 saturated carbocycles. The lowest BCUT2D eigenvalue weighted by atomic mass is 10.2. The van der Waals surface area contributed by atoms with Gasteiger partial charge in [-0.05, 0) is 11.4 Å². The lowest BCUT2D eigenvalue weighted by molar-refractivity contribution is -0.141. The Bertz CT molecular complexity index is 445. The molecule has 0 spiro atoms. The van der Waals surface area contributed by atoms with E-state index in [1.165, 1.54) is 18.3 Å². The highest BCUT2D eigenvalue weighted by molar-refractivity contribution is 7.08. The van der Waals surface area contributed by atoms with Crippen LogP contribution >= 0.6 is 11.3 Å². The Balaban J connectivity index is 2.17. The number of nitrogens with one attached hydrogen (secondary N) is 2. The molecule has 1 rings (SSSR count). The first-order valence-corrected chi connectivity index (χ1v) is 6.75. The molecule has 1 aromatic heterocycles. The second kappa shape index (κ2) is 7.52. The highest BCUT2D eigenvalue weighted by Crippen LogP contribution is 2.05. The fourth-order valence-corrected chi connectivity index (χ4v) is 1.86. The van der Waals surface area contributed by atoms with Gasteiger partial charge in [-0.25, -0.2) is 0 Å². The summed E-state index contributed by atoms with van der Waals surface area (Å²) in [4.78, 5) is 33.5. The molecule has 19 heavy (non-hydrogen) atoms. The molecule has 0 aliphatic rings. The average molecular weight is 284 g/mol. The van der Waals surface area contributed by atoms with Crippen LogP contribution in [0.4, 0.5) is 0 Å². The van der Waals surface area contributed by atoms with Crippen molar-refractivity contribution in [2.24, 2.45) is 5.92 Å². The zero-order chi connectivity index (χ0) is 14.3. The Hall–Kier alpha value is -1.89. The van der Waals surface area contributed by atoms with Gasteiger partial charge >= 0.3 is 5.97 Å². The summed E-state index contributed by atoms with van der Waals surface area (Å²) >= 11 is 1.43. The third-order valence-corrected chi connectivity index (χ3v) is 3.13. The molecule has 0 saturated heterocycles. The molecule has 3 N–H and O–H groups in total. The number of carbonyl (C=O) groups excluding carboxylic acids is 2. The maximum Gasteiger partial charge on any atom is 0.308 e. The van der Waals surface area contributed by atoms with Gasteiger partial charge in [0.15, 0.2) is 0 Å². The number of carbonyl (C=O) groups is 3. The van der Waals surface area contributed by atoms with E-state index in [1.54, 1.807) is 16.8 Å². The number of hydrogen-bond donors (Lipinski definition) is 3. The van der Waals surface area contributed by atoms with E-state index >= 15 is 0 Å². The van der Waals surface area contributed by atoms with Crippen molar-refractivity contribution in [3.8, 4) is 0 Å². The van der Waals surface area contributed by atoms with E-state index in [9.17, 15) is 14.4 Å². The van der Waals surface area contributed by atoms with E-state index in [0.29, 0.717) is 5.56 Å². The van der Waals surface area contributed by atoms with Crippen molar-refractivity contribution in [3.05, 3.63) is 22.4 Å². The molecule has 0 fully saturated rings. The van der Waals surface area contributed by atoms with Crippen molar-refractivity contribution in [2.75, 3.05) is 13.1 Å². The largest absolute Gasteiger partial charge is 0.481 e. The van der Waals surface area contributed by atoms with Crippen LogP contribution in [-0.4, -0.2) is 36.0 Å². The first-order valence-electron chi connectivity index (χ1n) is 5.80. The molecule has 104 valence electrons. The van der Waals surface area contributed by atoms with Crippen molar-refractivity contribution in [3.63, 3.8) is 0 Å². The summed E-state index contributed by atoms with van der Waals surface area (Å²) in [7, 11) is 0. The van der Waals surface area contributed by atoms with Gasteiger partial charge in [0.1, 0.15) is 0 Å². The molecule has 0 bridgehead atoms. The van der Waals surface area contributed by atoms with E-state index in [2.05, 4.69) is 10.6 Å². The third-order valence-electron chi connectivity index (χ3n) is 2.45. The SMILES string of the molecule is CC(CNC(=O)CCNC(=O)c1ccsc1)C(=O)O. The Morgan fingerprint density at radius 1 is 1.37 bits per heavy atom. The first-order chi connectivity index (χ1) is 9.00. The zero-order valence-electron chi connectivity index (χ0n) is 10.5. The quantitative estimate of drug-likeness (QED) is 0.687. The number of aliphatic carboxylic acids is 1. The smallest absolute Gasteiger partial charge is 0.308 e. The number of thiophene rings is 1. The number of carboxylic acid groups (broad SMARTS) is 1. The summed E-state index contributed by atoms with van der Waals surface area (Å²) < 4.78 is 0. The van der Waals surface area contributed by atoms with Gasteiger partial charge in [-0.3, -0.25) is 14.4 Å². The average Bonchev–Trinajstić information content (AvgIpc) is 2.89.